The summed E-state index contributed by atoms with van der Waals surface area (Å²) in [5, 5.41) is 9.20. The van der Waals surface area contributed by atoms with Crippen molar-refractivity contribution in [3.63, 3.8) is 0 Å². The molecule has 2 nitrogen and oxygen atoms in total. The average molecular weight is 164 g/mol. The van der Waals surface area contributed by atoms with Gasteiger partial charge in [-0.2, -0.15) is 0 Å². The Morgan fingerprint density at radius 2 is 2.00 bits per heavy atom. The highest BCUT2D eigenvalue weighted by atomic mass is 16.6. The highest BCUT2D eigenvalue weighted by Gasteiger charge is 2.43. The Morgan fingerprint density at radius 3 is 2.50 bits per heavy atom. The van der Waals surface area contributed by atoms with Crippen LogP contribution < -0.4 is 0 Å². The number of aliphatic hydroxyl groups is 1. The summed E-state index contributed by atoms with van der Waals surface area (Å²) in [4.78, 5) is 0. The molecule has 2 heteroatoms. The largest absolute Gasteiger partial charge is 0.391 e. The molecule has 1 aliphatic heterocycles. The van der Waals surface area contributed by atoms with Crippen LogP contribution in [-0.4, -0.2) is 17.3 Å². The van der Waals surface area contributed by atoms with Crippen molar-refractivity contribution < 1.29 is 9.84 Å². The van der Waals surface area contributed by atoms with Crippen LogP contribution in [0.1, 0.15) is 18.6 Å². The molecule has 1 fully saturated rings. The van der Waals surface area contributed by atoms with Gasteiger partial charge in [0.05, 0.1) is 6.10 Å². The highest BCUT2D eigenvalue weighted by molar-refractivity contribution is 5.22. The molecule has 0 unspecified atom stereocenters. The monoisotopic (exact) mass is 164 g/mol. The van der Waals surface area contributed by atoms with Gasteiger partial charge in [-0.15, -0.1) is 0 Å². The van der Waals surface area contributed by atoms with Crippen LogP contribution in [0.4, 0.5) is 0 Å². The summed E-state index contributed by atoms with van der Waals surface area (Å²) in [5.74, 6) is 0. The second-order valence-corrected chi connectivity index (χ2v) is 3.17. The molecule has 0 saturated carbocycles. The van der Waals surface area contributed by atoms with Crippen LogP contribution in [0.25, 0.3) is 0 Å². The minimum Gasteiger partial charge on any atom is -0.391 e. The van der Waals surface area contributed by atoms with Gasteiger partial charge < -0.3 is 9.84 Å². The van der Waals surface area contributed by atoms with Crippen LogP contribution in [0.2, 0.25) is 0 Å². The predicted octanol–water partition coefficient (Wildman–Crippen LogP) is 1.51. The lowest BCUT2D eigenvalue weighted by Gasteiger charge is -1.97. The van der Waals surface area contributed by atoms with Gasteiger partial charge in [0.1, 0.15) is 12.2 Å². The van der Waals surface area contributed by atoms with Gasteiger partial charge in [0, 0.05) is 0 Å². The zero-order chi connectivity index (χ0) is 8.55. The third kappa shape index (κ3) is 1.36. The van der Waals surface area contributed by atoms with Gasteiger partial charge in [0.25, 0.3) is 0 Å². The van der Waals surface area contributed by atoms with Crippen molar-refractivity contribution >= 4 is 0 Å². The molecular formula is C10H12O2. The van der Waals surface area contributed by atoms with Crippen molar-refractivity contribution in [3.8, 4) is 0 Å². The molecule has 1 N–H and O–H groups in total. The minimum absolute atomic E-state index is 0.00685. The maximum Gasteiger partial charge on any atom is 0.114 e. The maximum atomic E-state index is 9.20. The number of hydrogen-bond acceptors (Lipinski definition) is 2. The fourth-order valence-corrected chi connectivity index (χ4v) is 1.40. The van der Waals surface area contributed by atoms with Crippen molar-refractivity contribution in [1.29, 1.82) is 0 Å². The fourth-order valence-electron chi connectivity index (χ4n) is 1.40. The molecular weight excluding hydrogens is 152 g/mol. The van der Waals surface area contributed by atoms with Crippen molar-refractivity contribution in [2.24, 2.45) is 0 Å². The Morgan fingerprint density at radius 1 is 1.33 bits per heavy atom. The summed E-state index contributed by atoms with van der Waals surface area (Å²) in [6.07, 6.45) is -0.242. The van der Waals surface area contributed by atoms with Crippen LogP contribution in [0.3, 0.4) is 0 Å². The van der Waals surface area contributed by atoms with E-state index in [1.54, 1.807) is 6.92 Å². The number of rotatable bonds is 2. The maximum absolute atomic E-state index is 9.20. The molecule has 0 aliphatic carbocycles. The first kappa shape index (κ1) is 7.77. The van der Waals surface area contributed by atoms with Gasteiger partial charge in [-0.05, 0) is 12.5 Å². The summed E-state index contributed by atoms with van der Waals surface area (Å²) < 4.78 is 5.31. The molecule has 2 rings (SSSR count). The van der Waals surface area contributed by atoms with Crippen molar-refractivity contribution in [2.75, 3.05) is 0 Å². The molecule has 64 valence electrons. The quantitative estimate of drug-likeness (QED) is 0.672. The van der Waals surface area contributed by atoms with Crippen molar-refractivity contribution in [3.05, 3.63) is 35.9 Å². The lowest BCUT2D eigenvalue weighted by atomic mass is 10.1. The summed E-state index contributed by atoms with van der Waals surface area (Å²) >= 11 is 0. The van der Waals surface area contributed by atoms with Crippen molar-refractivity contribution in [2.45, 2.75) is 25.2 Å². The molecule has 0 radical (unpaired) electrons. The van der Waals surface area contributed by atoms with E-state index in [1.807, 2.05) is 30.3 Å². The third-order valence-corrected chi connectivity index (χ3v) is 2.13. The molecule has 0 amide bonds. The smallest absolute Gasteiger partial charge is 0.114 e. The molecule has 12 heavy (non-hydrogen) atoms. The Bertz CT molecular complexity index is 256. The van der Waals surface area contributed by atoms with E-state index in [2.05, 4.69) is 0 Å². The number of epoxide rings is 1. The number of hydrogen-bond donors (Lipinski definition) is 1. The molecule has 1 heterocycles. The van der Waals surface area contributed by atoms with Crippen LogP contribution in [0.15, 0.2) is 30.3 Å². The van der Waals surface area contributed by atoms with Crippen LogP contribution in [0.5, 0.6) is 0 Å². The molecule has 0 bridgehead atoms. The van der Waals surface area contributed by atoms with Gasteiger partial charge in [0.15, 0.2) is 0 Å². The number of benzene rings is 1. The Kier molecular flexibility index (Phi) is 1.87. The summed E-state index contributed by atoms with van der Waals surface area (Å²) in [5.41, 5.74) is 1.16. The summed E-state index contributed by atoms with van der Waals surface area (Å²) in [6.45, 7) is 1.76. The van der Waals surface area contributed by atoms with E-state index >= 15 is 0 Å². The lowest BCUT2D eigenvalue weighted by molar-refractivity contribution is 0.152. The Hall–Kier alpha value is -0.860. The van der Waals surface area contributed by atoms with Crippen LogP contribution in [-0.2, 0) is 4.74 Å². The van der Waals surface area contributed by atoms with Gasteiger partial charge >= 0.3 is 0 Å². The Labute approximate surface area is 71.8 Å². The fraction of sp³-hybridized carbons (Fsp3) is 0.400. The third-order valence-electron chi connectivity index (χ3n) is 2.13. The van der Waals surface area contributed by atoms with E-state index in [9.17, 15) is 5.11 Å². The molecule has 1 aromatic carbocycles. The summed E-state index contributed by atoms with van der Waals surface area (Å²) in [6, 6.07) is 9.98. The molecule has 0 spiro atoms. The highest BCUT2D eigenvalue weighted by Crippen LogP contribution is 2.40. The zero-order valence-corrected chi connectivity index (χ0v) is 6.97. The van der Waals surface area contributed by atoms with E-state index in [1.165, 1.54) is 0 Å². The molecule has 3 atom stereocenters. The topological polar surface area (TPSA) is 32.8 Å². The standard InChI is InChI=1S/C10H12O2/c1-7(11)9-10(12-9)8-5-3-2-4-6-8/h2-7,9-11H,1H3/t7-,9+,10-/m0/s1. The number of ether oxygens (including phenoxy) is 1. The second kappa shape index (κ2) is 2.88. The first-order valence-electron chi connectivity index (χ1n) is 4.17. The van der Waals surface area contributed by atoms with E-state index in [0.29, 0.717) is 0 Å². The minimum atomic E-state index is -0.366. The van der Waals surface area contributed by atoms with Crippen molar-refractivity contribution in [1.82, 2.24) is 0 Å². The first-order valence-corrected chi connectivity index (χ1v) is 4.17. The molecule has 0 aromatic heterocycles. The van der Waals surface area contributed by atoms with E-state index < -0.39 is 0 Å². The first-order chi connectivity index (χ1) is 5.79. The summed E-state index contributed by atoms with van der Waals surface area (Å²) in [7, 11) is 0. The Balaban J connectivity index is 2.06. The average Bonchev–Trinajstić information content (AvgIpc) is 2.84. The van der Waals surface area contributed by atoms with Crippen LogP contribution in [0, 0.1) is 0 Å². The SMILES string of the molecule is C[C@H](O)[C@H]1O[C@H]1c1ccccc1. The normalized spacial score (nSPS) is 29.8. The second-order valence-electron chi connectivity index (χ2n) is 3.17. The number of aliphatic hydroxyl groups excluding tert-OH is 1. The zero-order valence-electron chi connectivity index (χ0n) is 6.97. The molecule has 1 aromatic rings. The van der Waals surface area contributed by atoms with E-state index in [0.717, 1.165) is 5.56 Å². The lowest BCUT2D eigenvalue weighted by Crippen LogP contribution is -2.09. The predicted molar refractivity (Wildman–Crippen MR) is 45.7 cm³/mol. The van der Waals surface area contributed by atoms with E-state index in [-0.39, 0.29) is 18.3 Å². The van der Waals surface area contributed by atoms with E-state index in [4.69, 9.17) is 4.74 Å². The van der Waals surface area contributed by atoms with Crippen LogP contribution >= 0.6 is 0 Å². The van der Waals surface area contributed by atoms with Gasteiger partial charge in [-0.1, -0.05) is 30.3 Å². The van der Waals surface area contributed by atoms with Gasteiger partial charge in [0.2, 0.25) is 0 Å². The molecule has 1 saturated heterocycles. The molecule has 1 aliphatic rings. The van der Waals surface area contributed by atoms with Gasteiger partial charge in [-0.25, -0.2) is 0 Å². The van der Waals surface area contributed by atoms with Gasteiger partial charge in [-0.3, -0.25) is 0 Å².